The van der Waals surface area contributed by atoms with Gasteiger partial charge in [-0.2, -0.15) is 0 Å². The molecule has 43 heavy (non-hydrogen) atoms. The number of carbonyl (C=O) groups excluding carboxylic acids is 3. The predicted molar refractivity (Wildman–Crippen MR) is 161 cm³/mol. The number of hydrogen-bond donors (Lipinski definition) is 4. The first-order valence-corrected chi connectivity index (χ1v) is 14.2. The van der Waals surface area contributed by atoms with Crippen LogP contribution in [0.1, 0.15) is 54.6 Å². The largest absolute Gasteiger partial charge is 0.495 e. The second-order valence-corrected chi connectivity index (χ2v) is 12.8. The Morgan fingerprint density at radius 3 is 2.49 bits per heavy atom. The second-order valence-electron chi connectivity index (χ2n) is 12.0. The van der Waals surface area contributed by atoms with Gasteiger partial charge in [0, 0.05) is 33.8 Å². The van der Waals surface area contributed by atoms with E-state index in [-0.39, 0.29) is 43.9 Å². The zero-order valence-electron chi connectivity index (χ0n) is 23.8. The Bertz CT molecular complexity index is 1660. The van der Waals surface area contributed by atoms with Crippen LogP contribution in [0.5, 0.6) is 5.75 Å². The molecule has 0 saturated carbocycles. The van der Waals surface area contributed by atoms with Gasteiger partial charge in [0.15, 0.2) is 0 Å². The third-order valence-corrected chi connectivity index (χ3v) is 8.52. The van der Waals surface area contributed by atoms with Crippen molar-refractivity contribution in [2.75, 3.05) is 17.7 Å². The third kappa shape index (κ3) is 5.21. The average molecular weight is 632 g/mol. The molecule has 3 aromatic rings. The van der Waals surface area contributed by atoms with Crippen molar-refractivity contribution >= 4 is 52.3 Å². The first-order valence-electron chi connectivity index (χ1n) is 13.5. The average Bonchev–Trinajstić information content (AvgIpc) is 3.39. The van der Waals surface area contributed by atoms with Gasteiger partial charge in [-0.25, -0.2) is 8.78 Å². The Morgan fingerprint density at radius 2 is 1.84 bits per heavy atom. The summed E-state index contributed by atoms with van der Waals surface area (Å²) in [6.45, 7) is 5.84. The Kier molecular flexibility index (Phi) is 7.91. The minimum Gasteiger partial charge on any atom is -0.495 e. The number of hydrogen-bond acceptors (Lipinski definition) is 5. The number of nitrogens with two attached hydrogens (primary N) is 1. The van der Waals surface area contributed by atoms with E-state index < -0.39 is 58.2 Å². The van der Waals surface area contributed by atoms with Gasteiger partial charge in [-0.1, -0.05) is 56.1 Å². The summed E-state index contributed by atoms with van der Waals surface area (Å²) < 4.78 is 37.3. The number of carbonyl (C=O) groups is 3. The number of benzene rings is 3. The molecule has 0 aliphatic carbocycles. The van der Waals surface area contributed by atoms with Gasteiger partial charge in [-0.05, 0) is 53.8 Å². The van der Waals surface area contributed by atoms with E-state index in [9.17, 15) is 14.4 Å². The maximum Gasteiger partial charge on any atom is 0.248 e. The summed E-state index contributed by atoms with van der Waals surface area (Å²) in [5.41, 5.74) is 3.67. The fourth-order valence-corrected chi connectivity index (χ4v) is 6.77. The molecule has 8 nitrogen and oxygen atoms in total. The van der Waals surface area contributed by atoms with Crippen LogP contribution in [0.2, 0.25) is 10.0 Å². The van der Waals surface area contributed by atoms with Gasteiger partial charge in [-0.15, -0.1) is 0 Å². The molecule has 5 rings (SSSR count). The summed E-state index contributed by atoms with van der Waals surface area (Å²) in [4.78, 5) is 40.1. The summed E-state index contributed by atoms with van der Waals surface area (Å²) in [6, 6.07) is 8.99. The monoisotopic (exact) mass is 630 g/mol. The van der Waals surface area contributed by atoms with Crippen LogP contribution in [0.15, 0.2) is 48.5 Å². The highest BCUT2D eigenvalue weighted by Gasteiger charge is 2.67. The van der Waals surface area contributed by atoms with Crippen molar-refractivity contribution in [3.05, 3.63) is 86.9 Å². The molecule has 1 spiro atoms. The number of anilines is 2. The van der Waals surface area contributed by atoms with Crippen molar-refractivity contribution in [1.29, 1.82) is 0 Å². The molecule has 2 aliphatic rings. The minimum atomic E-state index is -1.77. The van der Waals surface area contributed by atoms with Crippen LogP contribution in [0.3, 0.4) is 0 Å². The zero-order valence-corrected chi connectivity index (χ0v) is 25.3. The van der Waals surface area contributed by atoms with Crippen molar-refractivity contribution in [2.45, 2.75) is 50.6 Å². The molecule has 4 atom stereocenters. The molecule has 1 fully saturated rings. The highest BCUT2D eigenvalue weighted by atomic mass is 35.5. The van der Waals surface area contributed by atoms with E-state index in [1.54, 1.807) is 0 Å². The van der Waals surface area contributed by atoms with Gasteiger partial charge in [-0.3, -0.25) is 14.4 Å². The molecular weight excluding hydrogens is 601 g/mol. The normalized spacial score (nSPS) is 22.8. The van der Waals surface area contributed by atoms with E-state index in [0.717, 1.165) is 6.07 Å². The Balaban J connectivity index is 1.73. The van der Waals surface area contributed by atoms with E-state index >= 15 is 8.78 Å². The molecule has 3 aromatic carbocycles. The molecule has 2 heterocycles. The lowest BCUT2D eigenvalue weighted by atomic mass is 9.62. The van der Waals surface area contributed by atoms with Crippen LogP contribution in [0, 0.1) is 17.0 Å². The zero-order chi connectivity index (χ0) is 31.4. The van der Waals surface area contributed by atoms with E-state index in [1.165, 1.54) is 49.6 Å². The second kappa shape index (κ2) is 11.1. The van der Waals surface area contributed by atoms with Crippen LogP contribution >= 0.6 is 23.2 Å². The lowest BCUT2D eigenvalue weighted by molar-refractivity contribution is -0.122. The molecule has 0 radical (unpaired) electrons. The van der Waals surface area contributed by atoms with Gasteiger partial charge < -0.3 is 26.4 Å². The third-order valence-electron chi connectivity index (χ3n) is 8.01. The van der Waals surface area contributed by atoms with Crippen LogP contribution in [0.4, 0.5) is 20.2 Å². The number of nitrogens with one attached hydrogen (secondary N) is 3. The highest BCUT2D eigenvalue weighted by Crippen LogP contribution is 2.58. The Hall–Kier alpha value is -3.73. The van der Waals surface area contributed by atoms with Crippen LogP contribution in [-0.4, -0.2) is 36.9 Å². The van der Waals surface area contributed by atoms with Gasteiger partial charge in [0.05, 0.1) is 23.9 Å². The lowest BCUT2D eigenvalue weighted by Gasteiger charge is -2.37. The quantitative estimate of drug-likeness (QED) is 0.275. The number of halogens is 4. The van der Waals surface area contributed by atoms with Crippen LogP contribution < -0.4 is 26.4 Å². The van der Waals surface area contributed by atoms with Crippen LogP contribution in [0.25, 0.3) is 0 Å². The van der Waals surface area contributed by atoms with E-state index in [2.05, 4.69) is 16.0 Å². The molecule has 226 valence electrons. The molecule has 5 N–H and O–H groups in total. The topological polar surface area (TPSA) is 123 Å². The summed E-state index contributed by atoms with van der Waals surface area (Å²) >= 11 is 12.4. The smallest absolute Gasteiger partial charge is 0.248 e. The number of rotatable bonds is 6. The first-order chi connectivity index (χ1) is 20.2. The fraction of sp³-hybridized carbons (Fsp3) is 0.323. The van der Waals surface area contributed by atoms with E-state index in [1.807, 2.05) is 20.8 Å². The Morgan fingerprint density at radius 1 is 1.12 bits per heavy atom. The standard InChI is InChI=1S/C31H30Cl2F2N4O4/c1-30(2,3)13-22-31(24-18(34)11-15(32)12-20(24)38-29(31)42)23(16-6-5-7-17(33)25(16)35)26(39-22)28(41)37-19-9-8-14(27(36)40)10-21(19)43-4/h5-12,22-23,26,39H,13H2,1-4H3,(H2,36,40)(H,37,41)(H,38,42)/t22-,23+,26+,31?/m0/s1. The molecule has 12 heteroatoms. The highest BCUT2D eigenvalue weighted by molar-refractivity contribution is 6.31. The van der Waals surface area contributed by atoms with E-state index in [0.29, 0.717) is 6.42 Å². The van der Waals surface area contributed by atoms with Gasteiger partial charge in [0.25, 0.3) is 0 Å². The summed E-state index contributed by atoms with van der Waals surface area (Å²) in [7, 11) is 1.36. The van der Waals surface area contributed by atoms with E-state index in [4.69, 9.17) is 33.7 Å². The molecule has 1 unspecified atom stereocenters. The minimum absolute atomic E-state index is 0.00767. The summed E-state index contributed by atoms with van der Waals surface area (Å²) in [5.74, 6) is -4.65. The fourth-order valence-electron chi connectivity index (χ4n) is 6.39. The van der Waals surface area contributed by atoms with Gasteiger partial charge in [0.2, 0.25) is 17.7 Å². The first kappa shape index (κ1) is 30.7. The molecule has 1 saturated heterocycles. The number of ether oxygens (including phenoxy) is 1. The number of amides is 3. The maximum absolute atomic E-state index is 16.0. The molecular formula is C31H30Cl2F2N4O4. The Labute approximate surface area is 257 Å². The predicted octanol–water partition coefficient (Wildman–Crippen LogP) is 5.77. The van der Waals surface area contributed by atoms with Crippen LogP contribution in [-0.2, 0) is 15.0 Å². The van der Waals surface area contributed by atoms with Gasteiger partial charge >= 0.3 is 0 Å². The number of fused-ring (bicyclic) bond motifs is 2. The van der Waals surface area contributed by atoms with Crippen molar-refractivity contribution < 1.29 is 27.9 Å². The van der Waals surface area contributed by atoms with Crippen molar-refractivity contribution in [3.8, 4) is 5.75 Å². The number of methoxy groups -OCH3 is 1. The van der Waals surface area contributed by atoms with Gasteiger partial charge in [0.1, 0.15) is 22.8 Å². The maximum atomic E-state index is 16.0. The summed E-state index contributed by atoms with van der Waals surface area (Å²) in [6.07, 6.45) is 0.307. The molecule has 3 amide bonds. The van der Waals surface area contributed by atoms with Crippen molar-refractivity contribution in [1.82, 2.24) is 5.32 Å². The molecule has 0 aromatic heterocycles. The van der Waals surface area contributed by atoms with Crippen molar-refractivity contribution in [3.63, 3.8) is 0 Å². The lowest BCUT2D eigenvalue weighted by Crippen LogP contribution is -2.50. The SMILES string of the molecule is COc1cc(C(N)=O)ccc1NC(=O)[C@@H]1N[C@@H](CC(C)(C)C)C2(C(=O)Nc3cc(Cl)cc(F)c32)[C@@H]1c1cccc(Cl)c1F. The molecule has 0 bridgehead atoms. The number of primary amides is 1. The summed E-state index contributed by atoms with van der Waals surface area (Å²) in [5, 5.41) is 8.66. The van der Waals surface area contributed by atoms with Crippen molar-refractivity contribution in [2.24, 2.45) is 11.1 Å². The molecule has 2 aliphatic heterocycles.